The van der Waals surface area contributed by atoms with Crippen LogP contribution < -0.4 is 0 Å². The highest BCUT2D eigenvalue weighted by Gasteiger charge is 2.48. The lowest BCUT2D eigenvalue weighted by molar-refractivity contribution is -0.192. The topological polar surface area (TPSA) is 83.5 Å². The smallest absolute Gasteiger partial charge is 0.240 e. The first-order valence-electron chi connectivity index (χ1n) is 20.0. The highest BCUT2D eigenvalue weighted by Crippen LogP contribution is 2.33. The fourth-order valence-electron chi connectivity index (χ4n) is 7.27. The largest absolute Gasteiger partial charge is 0.388 e. The van der Waals surface area contributed by atoms with Crippen LogP contribution in [0.15, 0.2) is 157 Å². The molecule has 4 atom stereocenters. The van der Waals surface area contributed by atoms with Crippen molar-refractivity contribution in [3.63, 3.8) is 0 Å². The van der Waals surface area contributed by atoms with E-state index in [1.807, 2.05) is 54.6 Å². The van der Waals surface area contributed by atoms with Gasteiger partial charge in [0.15, 0.2) is 0 Å². The van der Waals surface area contributed by atoms with Gasteiger partial charge in [-0.15, -0.1) is 0 Å². The zero-order chi connectivity index (χ0) is 40.0. The van der Waals surface area contributed by atoms with Crippen molar-refractivity contribution in [1.82, 2.24) is 9.80 Å². The molecule has 306 valence electrons. The van der Waals surface area contributed by atoms with Gasteiger partial charge in [0.1, 0.15) is 32.4 Å². The molecule has 10 heteroatoms. The second-order valence-electron chi connectivity index (χ2n) is 14.2. The normalized spacial score (nSPS) is 18.2. The highest BCUT2D eigenvalue weighted by atomic mass is 16.7. The van der Waals surface area contributed by atoms with Crippen LogP contribution in [0.3, 0.4) is 0 Å². The number of rotatable bonds is 23. The van der Waals surface area contributed by atoms with Crippen LogP contribution in [0.5, 0.6) is 0 Å². The first-order valence-corrected chi connectivity index (χ1v) is 20.0. The van der Waals surface area contributed by atoms with Gasteiger partial charge in [0, 0.05) is 27.3 Å². The van der Waals surface area contributed by atoms with Crippen LogP contribution in [0, 0.1) is 0 Å². The van der Waals surface area contributed by atoms with Gasteiger partial charge in [0.25, 0.3) is 0 Å². The third-order valence-electron chi connectivity index (χ3n) is 10.1. The molecule has 1 aliphatic heterocycles. The molecule has 5 aromatic carbocycles. The molecule has 1 fully saturated rings. The van der Waals surface area contributed by atoms with Gasteiger partial charge in [0.05, 0.1) is 38.5 Å². The summed E-state index contributed by atoms with van der Waals surface area (Å²) < 4.78 is 36.7. The molecular weight excluding hydrogens is 731 g/mol. The molecule has 0 aromatic heterocycles. The van der Waals surface area contributed by atoms with Crippen molar-refractivity contribution < 1.29 is 33.3 Å². The van der Waals surface area contributed by atoms with E-state index in [0.717, 1.165) is 27.8 Å². The summed E-state index contributed by atoms with van der Waals surface area (Å²) >= 11 is 0. The van der Waals surface area contributed by atoms with Gasteiger partial charge in [-0.1, -0.05) is 152 Å². The number of benzene rings is 5. The maximum Gasteiger partial charge on any atom is 0.240 e. The minimum atomic E-state index is -0.536. The average molecular weight is 788 g/mol. The second kappa shape index (κ2) is 24.0. The van der Waals surface area contributed by atoms with Crippen molar-refractivity contribution in [2.24, 2.45) is 5.16 Å². The molecule has 5 aromatic rings. The number of methoxy groups -OCH3 is 2. The summed E-state index contributed by atoms with van der Waals surface area (Å²) in [4.78, 5) is 11.1. The SMILES string of the molecule is COCCOCO[C@@H]1[C@@H](OCOCCOC)[C@@H](Cc2ccccc2)N(Cc2ccccc2)C(=NOCc2ccccc2)N(Cc2ccccc2)[C@@H]1Cc1ccccc1. The predicted octanol–water partition coefficient (Wildman–Crippen LogP) is 7.73. The van der Waals surface area contributed by atoms with E-state index < -0.39 is 12.2 Å². The Balaban J connectivity index is 1.55. The van der Waals surface area contributed by atoms with E-state index in [1.54, 1.807) is 14.2 Å². The van der Waals surface area contributed by atoms with E-state index >= 15 is 0 Å². The number of oxime groups is 1. The minimum absolute atomic E-state index is 0.0383. The molecule has 0 N–H and O–H groups in total. The van der Waals surface area contributed by atoms with Crippen molar-refractivity contribution in [1.29, 1.82) is 0 Å². The van der Waals surface area contributed by atoms with Crippen LogP contribution in [-0.2, 0) is 65.8 Å². The van der Waals surface area contributed by atoms with Crippen molar-refractivity contribution in [3.8, 4) is 0 Å². The number of hydrogen-bond donors (Lipinski definition) is 0. The standard InChI is InChI=1S/C48H57N3O7/c1-52-28-30-54-37-56-46-44(32-39-18-8-3-9-19-39)50(34-41-22-12-5-13-23-41)48(49-58-36-43-26-16-7-17-27-43)51(35-42-24-14-6-15-25-42)45(33-40-20-10-4-11-21-40)47(46)57-38-55-31-29-53-2/h3-27,44-47H,28-38H2,1-2H3/t44-,45-,46+,47+/m1/s1. The Morgan fingerprint density at radius 2 is 0.810 bits per heavy atom. The van der Waals surface area contributed by atoms with Crippen LogP contribution in [0.4, 0.5) is 0 Å². The van der Waals surface area contributed by atoms with E-state index in [9.17, 15) is 0 Å². The van der Waals surface area contributed by atoms with Gasteiger partial charge in [-0.3, -0.25) is 0 Å². The maximum atomic E-state index is 6.99. The molecule has 1 aliphatic rings. The molecule has 1 heterocycles. The molecule has 58 heavy (non-hydrogen) atoms. The molecule has 0 radical (unpaired) electrons. The Labute approximate surface area is 343 Å². The second-order valence-corrected chi connectivity index (χ2v) is 14.2. The summed E-state index contributed by atoms with van der Waals surface area (Å²) in [5.74, 6) is 0.686. The zero-order valence-corrected chi connectivity index (χ0v) is 33.7. The highest BCUT2D eigenvalue weighted by molar-refractivity contribution is 5.81. The zero-order valence-electron chi connectivity index (χ0n) is 33.7. The van der Waals surface area contributed by atoms with Crippen LogP contribution in [-0.4, -0.2) is 94.3 Å². The van der Waals surface area contributed by atoms with Gasteiger partial charge >= 0.3 is 0 Å². The molecule has 6 rings (SSSR count). The molecule has 0 amide bonds. The first kappa shape index (κ1) is 42.5. The monoisotopic (exact) mass is 787 g/mol. The number of hydrogen-bond acceptors (Lipinski definition) is 8. The van der Waals surface area contributed by atoms with Gasteiger partial charge in [0.2, 0.25) is 5.96 Å². The molecule has 10 nitrogen and oxygen atoms in total. The Bertz CT molecular complexity index is 1740. The fraction of sp³-hybridized carbons (Fsp3) is 0.354. The van der Waals surface area contributed by atoms with E-state index in [0.29, 0.717) is 64.9 Å². The van der Waals surface area contributed by atoms with Gasteiger partial charge in [-0.25, -0.2) is 0 Å². The summed E-state index contributed by atoms with van der Waals surface area (Å²) in [5.41, 5.74) is 5.56. The summed E-state index contributed by atoms with van der Waals surface area (Å²) in [7, 11) is 3.33. The number of nitrogens with zero attached hydrogens (tertiary/aromatic N) is 3. The third-order valence-corrected chi connectivity index (χ3v) is 10.1. The van der Waals surface area contributed by atoms with Crippen LogP contribution in [0.1, 0.15) is 27.8 Å². The fourth-order valence-corrected chi connectivity index (χ4v) is 7.27. The van der Waals surface area contributed by atoms with Crippen molar-refractivity contribution >= 4 is 5.96 Å². The van der Waals surface area contributed by atoms with Crippen molar-refractivity contribution in [2.45, 2.75) is 56.8 Å². The average Bonchev–Trinajstić information content (AvgIpc) is 3.35. The summed E-state index contributed by atoms with van der Waals surface area (Å²) in [6.45, 7) is 3.10. The summed E-state index contributed by atoms with van der Waals surface area (Å²) in [6.07, 6.45) is 0.170. The molecule has 0 bridgehead atoms. The van der Waals surface area contributed by atoms with E-state index in [4.69, 9.17) is 38.4 Å². The third kappa shape index (κ3) is 13.0. The van der Waals surface area contributed by atoms with E-state index in [-0.39, 0.29) is 25.7 Å². The summed E-state index contributed by atoms with van der Waals surface area (Å²) in [6, 6.07) is 51.5. The predicted molar refractivity (Wildman–Crippen MR) is 226 cm³/mol. The Morgan fingerprint density at radius 1 is 0.448 bits per heavy atom. The molecule has 1 saturated heterocycles. The van der Waals surface area contributed by atoms with Crippen LogP contribution >= 0.6 is 0 Å². The molecule has 0 aliphatic carbocycles. The van der Waals surface area contributed by atoms with Crippen molar-refractivity contribution in [3.05, 3.63) is 179 Å². The Morgan fingerprint density at radius 3 is 1.19 bits per heavy atom. The van der Waals surface area contributed by atoms with Gasteiger partial charge < -0.3 is 43.1 Å². The van der Waals surface area contributed by atoms with Gasteiger partial charge in [-0.05, 0) is 45.8 Å². The van der Waals surface area contributed by atoms with E-state index in [2.05, 4.69) is 107 Å². The number of ether oxygens (including phenoxy) is 6. The lowest BCUT2D eigenvalue weighted by Gasteiger charge is -2.38. The lowest BCUT2D eigenvalue weighted by atomic mass is 9.90. The molecule has 0 spiro atoms. The Hall–Kier alpha value is -5.07. The molecular formula is C48H57N3O7. The number of guanidine groups is 1. The van der Waals surface area contributed by atoms with E-state index in [1.165, 1.54) is 0 Å². The lowest BCUT2D eigenvalue weighted by Crippen LogP contribution is -2.53. The van der Waals surface area contributed by atoms with Gasteiger partial charge in [-0.2, -0.15) is 0 Å². The maximum absolute atomic E-state index is 6.99. The quantitative estimate of drug-likeness (QED) is 0.0376. The van der Waals surface area contributed by atoms with Crippen LogP contribution in [0.2, 0.25) is 0 Å². The summed E-state index contributed by atoms with van der Waals surface area (Å²) in [5, 5.41) is 5.15. The molecule has 0 saturated carbocycles. The molecule has 0 unspecified atom stereocenters. The van der Waals surface area contributed by atoms with Crippen LogP contribution in [0.25, 0.3) is 0 Å². The van der Waals surface area contributed by atoms with Crippen molar-refractivity contribution in [2.75, 3.05) is 54.2 Å². The Kier molecular flexibility index (Phi) is 17.6. The first-order chi connectivity index (χ1) is 28.7. The minimum Gasteiger partial charge on any atom is -0.388 e.